The Morgan fingerprint density at radius 2 is 1.95 bits per heavy atom. The summed E-state index contributed by atoms with van der Waals surface area (Å²) in [5.74, 6) is -1.26. The highest BCUT2D eigenvalue weighted by molar-refractivity contribution is 5.92. The van der Waals surface area contributed by atoms with E-state index in [1.807, 2.05) is 11.5 Å². The van der Waals surface area contributed by atoms with E-state index in [0.29, 0.717) is 0 Å². The number of halogens is 1. The lowest BCUT2D eigenvalue weighted by molar-refractivity contribution is 0.0697. The van der Waals surface area contributed by atoms with Crippen LogP contribution in [0.4, 0.5) is 4.39 Å². The summed E-state index contributed by atoms with van der Waals surface area (Å²) in [6.45, 7) is 1.96. The van der Waals surface area contributed by atoms with Crippen LogP contribution in [-0.2, 0) is 0 Å². The SMILES string of the molecule is CC(c1ccc(F)cc1)n1cnc2ccc(C(=O)O)cc21. The third-order valence-corrected chi connectivity index (χ3v) is 3.59. The lowest BCUT2D eigenvalue weighted by Gasteiger charge is -2.15. The van der Waals surface area contributed by atoms with Crippen molar-refractivity contribution < 1.29 is 14.3 Å². The molecule has 4 nitrogen and oxygen atoms in total. The summed E-state index contributed by atoms with van der Waals surface area (Å²) in [6, 6.07) is 11.0. The highest BCUT2D eigenvalue weighted by atomic mass is 19.1. The molecule has 1 atom stereocenters. The van der Waals surface area contributed by atoms with E-state index in [1.54, 1.807) is 30.6 Å². The highest BCUT2D eigenvalue weighted by Crippen LogP contribution is 2.24. The molecule has 0 aliphatic carbocycles. The quantitative estimate of drug-likeness (QED) is 0.801. The predicted molar refractivity (Wildman–Crippen MR) is 76.9 cm³/mol. The van der Waals surface area contributed by atoms with E-state index < -0.39 is 5.97 Å². The van der Waals surface area contributed by atoms with Gasteiger partial charge in [-0.3, -0.25) is 0 Å². The molecule has 0 aliphatic heterocycles. The van der Waals surface area contributed by atoms with Crippen molar-refractivity contribution in [1.29, 1.82) is 0 Å². The van der Waals surface area contributed by atoms with Crippen molar-refractivity contribution in [3.05, 3.63) is 65.7 Å². The minimum absolute atomic E-state index is 0.0698. The van der Waals surface area contributed by atoms with Gasteiger partial charge in [0, 0.05) is 0 Å². The van der Waals surface area contributed by atoms with E-state index in [0.717, 1.165) is 16.6 Å². The van der Waals surface area contributed by atoms with E-state index in [-0.39, 0.29) is 17.4 Å². The third-order valence-electron chi connectivity index (χ3n) is 3.59. The van der Waals surface area contributed by atoms with Gasteiger partial charge in [0.1, 0.15) is 5.82 Å². The molecule has 21 heavy (non-hydrogen) atoms. The van der Waals surface area contributed by atoms with Gasteiger partial charge in [0.05, 0.1) is 29.0 Å². The maximum atomic E-state index is 13.0. The molecule has 0 spiro atoms. The summed E-state index contributed by atoms with van der Waals surface area (Å²) in [5, 5.41) is 9.09. The average molecular weight is 284 g/mol. The molecule has 0 saturated heterocycles. The van der Waals surface area contributed by atoms with Crippen LogP contribution in [0.15, 0.2) is 48.8 Å². The number of aromatic carboxylic acids is 1. The van der Waals surface area contributed by atoms with E-state index in [9.17, 15) is 9.18 Å². The zero-order valence-electron chi connectivity index (χ0n) is 11.3. The van der Waals surface area contributed by atoms with Gasteiger partial charge in [-0.2, -0.15) is 0 Å². The normalized spacial score (nSPS) is 12.5. The summed E-state index contributed by atoms with van der Waals surface area (Å²) in [5.41, 5.74) is 2.62. The van der Waals surface area contributed by atoms with Crippen molar-refractivity contribution in [2.24, 2.45) is 0 Å². The van der Waals surface area contributed by atoms with E-state index >= 15 is 0 Å². The maximum Gasteiger partial charge on any atom is 0.335 e. The number of fused-ring (bicyclic) bond motifs is 1. The molecule has 1 unspecified atom stereocenters. The molecule has 3 aromatic rings. The first kappa shape index (κ1) is 13.3. The van der Waals surface area contributed by atoms with Gasteiger partial charge in [0.15, 0.2) is 0 Å². The van der Waals surface area contributed by atoms with Crippen LogP contribution < -0.4 is 0 Å². The number of carbonyl (C=O) groups is 1. The van der Waals surface area contributed by atoms with Crippen molar-refractivity contribution >= 4 is 17.0 Å². The fourth-order valence-corrected chi connectivity index (χ4v) is 2.37. The number of benzene rings is 2. The Bertz CT molecular complexity index is 809. The smallest absolute Gasteiger partial charge is 0.335 e. The number of hydrogen-bond acceptors (Lipinski definition) is 2. The van der Waals surface area contributed by atoms with Crippen molar-refractivity contribution in [1.82, 2.24) is 9.55 Å². The van der Waals surface area contributed by atoms with Crippen molar-refractivity contribution in [2.75, 3.05) is 0 Å². The molecule has 1 aromatic heterocycles. The third kappa shape index (κ3) is 2.38. The number of aromatic nitrogens is 2. The molecule has 5 heteroatoms. The van der Waals surface area contributed by atoms with Crippen LogP contribution in [0, 0.1) is 5.82 Å². The average Bonchev–Trinajstić information content (AvgIpc) is 2.90. The topological polar surface area (TPSA) is 55.1 Å². The number of carboxylic acids is 1. The van der Waals surface area contributed by atoms with Crippen molar-refractivity contribution in [2.45, 2.75) is 13.0 Å². The van der Waals surface area contributed by atoms with Crippen molar-refractivity contribution in [3.8, 4) is 0 Å². The second-order valence-corrected chi connectivity index (χ2v) is 4.89. The molecule has 3 rings (SSSR count). The summed E-state index contributed by atoms with van der Waals surface area (Å²) in [6.07, 6.45) is 1.67. The number of imidazole rings is 1. The Morgan fingerprint density at radius 3 is 2.62 bits per heavy atom. The summed E-state index contributed by atoms with van der Waals surface area (Å²) < 4.78 is 14.9. The molecule has 1 heterocycles. The zero-order chi connectivity index (χ0) is 15.0. The summed E-state index contributed by atoms with van der Waals surface area (Å²) in [7, 11) is 0. The molecular formula is C16H13FN2O2. The Balaban J connectivity index is 2.09. The van der Waals surface area contributed by atoms with Gasteiger partial charge < -0.3 is 9.67 Å². The van der Waals surface area contributed by atoms with Gasteiger partial charge in [-0.15, -0.1) is 0 Å². The van der Waals surface area contributed by atoms with Crippen LogP contribution in [0.2, 0.25) is 0 Å². The van der Waals surface area contributed by atoms with Crippen LogP contribution >= 0.6 is 0 Å². The molecule has 2 aromatic carbocycles. The minimum atomic E-state index is -0.973. The number of rotatable bonds is 3. The number of nitrogens with zero attached hydrogens (tertiary/aromatic N) is 2. The minimum Gasteiger partial charge on any atom is -0.478 e. The van der Waals surface area contributed by atoms with Crippen LogP contribution in [0.3, 0.4) is 0 Å². The standard InChI is InChI=1S/C16H13FN2O2/c1-10(11-2-5-13(17)6-3-11)19-9-18-14-7-4-12(16(20)21)8-15(14)19/h2-10H,1H3,(H,20,21). The largest absolute Gasteiger partial charge is 0.478 e. The second kappa shape index (κ2) is 5.01. The summed E-state index contributed by atoms with van der Waals surface area (Å²) >= 11 is 0. The Morgan fingerprint density at radius 1 is 1.24 bits per heavy atom. The Kier molecular flexibility index (Phi) is 3.17. The molecule has 0 bridgehead atoms. The fraction of sp³-hybridized carbons (Fsp3) is 0.125. The Hall–Kier alpha value is -2.69. The van der Waals surface area contributed by atoms with Crippen LogP contribution in [0.1, 0.15) is 28.9 Å². The van der Waals surface area contributed by atoms with Crippen molar-refractivity contribution in [3.63, 3.8) is 0 Å². The maximum absolute atomic E-state index is 13.0. The molecular weight excluding hydrogens is 271 g/mol. The van der Waals surface area contributed by atoms with Crippen LogP contribution in [0.25, 0.3) is 11.0 Å². The summed E-state index contributed by atoms with van der Waals surface area (Å²) in [4.78, 5) is 15.4. The van der Waals surface area contributed by atoms with Crippen LogP contribution in [0.5, 0.6) is 0 Å². The second-order valence-electron chi connectivity index (χ2n) is 4.89. The molecule has 0 saturated carbocycles. The zero-order valence-corrected chi connectivity index (χ0v) is 11.3. The van der Waals surface area contributed by atoms with E-state index in [2.05, 4.69) is 4.98 Å². The van der Waals surface area contributed by atoms with E-state index in [1.165, 1.54) is 18.2 Å². The lowest BCUT2D eigenvalue weighted by Crippen LogP contribution is -2.06. The van der Waals surface area contributed by atoms with Gasteiger partial charge in [-0.1, -0.05) is 12.1 Å². The molecule has 106 valence electrons. The molecule has 0 fully saturated rings. The first-order valence-corrected chi connectivity index (χ1v) is 6.51. The van der Waals surface area contributed by atoms with Crippen LogP contribution in [-0.4, -0.2) is 20.6 Å². The van der Waals surface area contributed by atoms with Gasteiger partial charge in [-0.05, 0) is 42.8 Å². The Labute approximate surface area is 120 Å². The van der Waals surface area contributed by atoms with Gasteiger partial charge in [0.2, 0.25) is 0 Å². The molecule has 0 aliphatic rings. The number of hydrogen-bond donors (Lipinski definition) is 1. The fourth-order valence-electron chi connectivity index (χ4n) is 2.37. The predicted octanol–water partition coefficient (Wildman–Crippen LogP) is 3.48. The lowest BCUT2D eigenvalue weighted by atomic mass is 10.1. The van der Waals surface area contributed by atoms with Gasteiger partial charge >= 0.3 is 5.97 Å². The molecule has 0 radical (unpaired) electrons. The molecule has 1 N–H and O–H groups in total. The van der Waals surface area contributed by atoms with Gasteiger partial charge in [-0.25, -0.2) is 14.2 Å². The first-order chi connectivity index (χ1) is 10.1. The number of carboxylic acid groups (broad SMARTS) is 1. The molecule has 0 amide bonds. The van der Waals surface area contributed by atoms with Gasteiger partial charge in [0.25, 0.3) is 0 Å². The first-order valence-electron chi connectivity index (χ1n) is 6.51. The highest BCUT2D eigenvalue weighted by Gasteiger charge is 2.13. The van der Waals surface area contributed by atoms with E-state index in [4.69, 9.17) is 5.11 Å². The monoisotopic (exact) mass is 284 g/mol.